The number of nitrogens with two attached hydrogens (primary N) is 1. The van der Waals surface area contributed by atoms with Gasteiger partial charge < -0.3 is 20.8 Å². The van der Waals surface area contributed by atoms with Gasteiger partial charge >= 0.3 is 7.12 Å². The summed E-state index contributed by atoms with van der Waals surface area (Å²) in [7, 11) is -1.45. The van der Waals surface area contributed by atoms with Gasteiger partial charge in [-0.3, -0.25) is 0 Å². The van der Waals surface area contributed by atoms with E-state index in [0.717, 1.165) is 22.9 Å². The van der Waals surface area contributed by atoms with Gasteiger partial charge in [0.2, 0.25) is 0 Å². The van der Waals surface area contributed by atoms with Gasteiger partial charge in [-0.1, -0.05) is 12.1 Å². The third-order valence-corrected chi connectivity index (χ3v) is 2.42. The summed E-state index contributed by atoms with van der Waals surface area (Å²) in [6.45, 7) is 0.613. The summed E-state index contributed by atoms with van der Waals surface area (Å²) in [6.07, 6.45) is 0.825. The maximum absolute atomic E-state index is 9.00. The first-order valence-electron chi connectivity index (χ1n) is 4.88. The Morgan fingerprint density at radius 2 is 2.07 bits per heavy atom. The monoisotopic (exact) mass is 204 g/mol. The minimum atomic E-state index is -1.45. The van der Waals surface area contributed by atoms with Crippen molar-refractivity contribution in [3.05, 3.63) is 29.8 Å². The first kappa shape index (κ1) is 10.2. The van der Waals surface area contributed by atoms with Crippen LogP contribution < -0.4 is 11.3 Å². The van der Waals surface area contributed by atoms with Gasteiger partial charge in [-0.15, -0.1) is 0 Å². The standard InChI is InChI=1S/C10H13BN2O2/c12-4-3-7-1-2-8-6-10(11(14)15)13-9(8)5-7/h1-2,5-6,13-15H,3-4,12H2. The molecule has 1 aromatic heterocycles. The summed E-state index contributed by atoms with van der Waals surface area (Å²) in [5, 5.41) is 19.0. The number of benzene rings is 1. The first-order chi connectivity index (χ1) is 7.20. The van der Waals surface area contributed by atoms with Gasteiger partial charge in [0.25, 0.3) is 0 Å². The Morgan fingerprint density at radius 1 is 1.27 bits per heavy atom. The van der Waals surface area contributed by atoms with Crippen LogP contribution in [-0.4, -0.2) is 28.7 Å². The van der Waals surface area contributed by atoms with E-state index in [-0.39, 0.29) is 0 Å². The van der Waals surface area contributed by atoms with E-state index in [4.69, 9.17) is 15.8 Å². The van der Waals surface area contributed by atoms with Crippen LogP contribution in [0.1, 0.15) is 5.56 Å². The molecule has 0 aliphatic rings. The molecule has 0 radical (unpaired) electrons. The Labute approximate surface area is 87.9 Å². The molecular weight excluding hydrogens is 191 g/mol. The number of hydrogen-bond donors (Lipinski definition) is 4. The van der Waals surface area contributed by atoms with Crippen molar-refractivity contribution in [2.75, 3.05) is 6.54 Å². The van der Waals surface area contributed by atoms with Crippen LogP contribution in [0.2, 0.25) is 0 Å². The van der Waals surface area contributed by atoms with E-state index >= 15 is 0 Å². The lowest BCUT2D eigenvalue weighted by Crippen LogP contribution is -2.30. The molecule has 0 amide bonds. The van der Waals surface area contributed by atoms with Crippen LogP contribution >= 0.6 is 0 Å². The van der Waals surface area contributed by atoms with E-state index in [1.165, 1.54) is 0 Å². The lowest BCUT2D eigenvalue weighted by Gasteiger charge is -1.97. The molecule has 4 nitrogen and oxygen atoms in total. The molecule has 0 unspecified atom stereocenters. The zero-order valence-corrected chi connectivity index (χ0v) is 8.27. The Balaban J connectivity index is 2.43. The van der Waals surface area contributed by atoms with Crippen molar-refractivity contribution < 1.29 is 10.0 Å². The van der Waals surface area contributed by atoms with Gasteiger partial charge in [0.05, 0.1) is 0 Å². The van der Waals surface area contributed by atoms with E-state index in [1.54, 1.807) is 6.07 Å². The van der Waals surface area contributed by atoms with Crippen LogP contribution in [-0.2, 0) is 6.42 Å². The number of H-pyrrole nitrogens is 1. The number of rotatable bonds is 3. The summed E-state index contributed by atoms with van der Waals surface area (Å²) in [5.74, 6) is 0. The van der Waals surface area contributed by atoms with E-state index in [0.29, 0.717) is 12.1 Å². The third-order valence-electron chi connectivity index (χ3n) is 2.42. The Bertz CT molecular complexity index is 467. The van der Waals surface area contributed by atoms with Crippen molar-refractivity contribution >= 4 is 23.6 Å². The first-order valence-corrected chi connectivity index (χ1v) is 4.88. The van der Waals surface area contributed by atoms with E-state index < -0.39 is 7.12 Å². The van der Waals surface area contributed by atoms with Crippen molar-refractivity contribution in [2.24, 2.45) is 5.73 Å². The highest BCUT2D eigenvalue weighted by atomic mass is 16.4. The van der Waals surface area contributed by atoms with E-state index in [1.807, 2.05) is 18.2 Å². The highest BCUT2D eigenvalue weighted by Gasteiger charge is 2.13. The van der Waals surface area contributed by atoms with Crippen LogP contribution in [0.15, 0.2) is 24.3 Å². The quantitative estimate of drug-likeness (QED) is 0.501. The smallest absolute Gasteiger partial charge is 0.422 e. The summed E-state index contributed by atoms with van der Waals surface area (Å²) in [4.78, 5) is 2.95. The molecule has 0 aliphatic carbocycles. The molecule has 0 saturated carbocycles. The Morgan fingerprint density at radius 3 is 2.73 bits per heavy atom. The molecule has 78 valence electrons. The molecule has 0 aliphatic heterocycles. The molecular formula is C10H13BN2O2. The molecule has 5 N–H and O–H groups in total. The van der Waals surface area contributed by atoms with Crippen molar-refractivity contribution in [3.8, 4) is 0 Å². The molecule has 0 atom stereocenters. The third kappa shape index (κ3) is 2.04. The number of nitrogens with one attached hydrogen (secondary N) is 1. The Hall–Kier alpha value is -1.30. The van der Waals surface area contributed by atoms with Gasteiger partial charge in [0, 0.05) is 11.1 Å². The van der Waals surface area contributed by atoms with Crippen LogP contribution in [0.3, 0.4) is 0 Å². The number of aromatic nitrogens is 1. The van der Waals surface area contributed by atoms with Crippen molar-refractivity contribution in [2.45, 2.75) is 6.42 Å². The normalized spacial score (nSPS) is 10.9. The fraction of sp³-hybridized carbons (Fsp3) is 0.200. The van der Waals surface area contributed by atoms with Crippen molar-refractivity contribution in [3.63, 3.8) is 0 Å². The molecule has 1 aromatic carbocycles. The average Bonchev–Trinajstić information content (AvgIpc) is 2.61. The highest BCUT2D eigenvalue weighted by Crippen LogP contribution is 2.13. The molecule has 0 bridgehead atoms. The van der Waals surface area contributed by atoms with E-state index in [9.17, 15) is 0 Å². The SMILES string of the molecule is NCCc1ccc2cc(B(O)O)[nH]c2c1. The molecule has 0 saturated heterocycles. The molecule has 5 heteroatoms. The zero-order valence-electron chi connectivity index (χ0n) is 8.27. The predicted octanol–water partition coefficient (Wildman–Crippen LogP) is -0.651. The maximum Gasteiger partial charge on any atom is 0.505 e. The molecule has 2 rings (SSSR count). The largest absolute Gasteiger partial charge is 0.505 e. The van der Waals surface area contributed by atoms with Gasteiger partial charge in [-0.2, -0.15) is 0 Å². The summed E-state index contributed by atoms with van der Waals surface area (Å²) in [6, 6.07) is 7.65. The van der Waals surface area contributed by atoms with Gasteiger partial charge in [0.1, 0.15) is 0 Å². The topological polar surface area (TPSA) is 82.3 Å². The predicted molar refractivity (Wildman–Crippen MR) is 60.9 cm³/mol. The lowest BCUT2D eigenvalue weighted by molar-refractivity contribution is 0.424. The second kappa shape index (κ2) is 4.06. The molecule has 0 spiro atoms. The van der Waals surface area contributed by atoms with E-state index in [2.05, 4.69) is 4.98 Å². The fourth-order valence-electron chi connectivity index (χ4n) is 1.66. The minimum absolute atomic E-state index is 0.412. The van der Waals surface area contributed by atoms with Crippen LogP contribution in [0.5, 0.6) is 0 Å². The molecule has 15 heavy (non-hydrogen) atoms. The molecule has 0 fully saturated rings. The summed E-state index contributed by atoms with van der Waals surface area (Å²) >= 11 is 0. The van der Waals surface area contributed by atoms with Crippen molar-refractivity contribution in [1.82, 2.24) is 4.98 Å². The van der Waals surface area contributed by atoms with Crippen LogP contribution in [0.25, 0.3) is 10.9 Å². The summed E-state index contributed by atoms with van der Waals surface area (Å²) in [5.41, 5.74) is 7.93. The second-order valence-electron chi connectivity index (χ2n) is 3.56. The average molecular weight is 204 g/mol. The molecule has 1 heterocycles. The van der Waals surface area contributed by atoms with Crippen LogP contribution in [0, 0.1) is 0 Å². The second-order valence-corrected chi connectivity index (χ2v) is 3.56. The van der Waals surface area contributed by atoms with Crippen LogP contribution in [0.4, 0.5) is 0 Å². The Kier molecular flexibility index (Phi) is 2.77. The number of fused-ring (bicyclic) bond motifs is 1. The minimum Gasteiger partial charge on any atom is -0.422 e. The van der Waals surface area contributed by atoms with Crippen molar-refractivity contribution in [1.29, 1.82) is 0 Å². The van der Waals surface area contributed by atoms with Gasteiger partial charge in [-0.25, -0.2) is 0 Å². The number of aromatic amines is 1. The maximum atomic E-state index is 9.00. The number of hydrogen-bond acceptors (Lipinski definition) is 3. The van der Waals surface area contributed by atoms with Gasteiger partial charge in [-0.05, 0) is 36.0 Å². The van der Waals surface area contributed by atoms with Gasteiger partial charge in [0.15, 0.2) is 0 Å². The summed E-state index contributed by atoms with van der Waals surface area (Å²) < 4.78 is 0. The highest BCUT2D eigenvalue weighted by molar-refractivity contribution is 6.58. The lowest BCUT2D eigenvalue weighted by atomic mass is 9.86. The fourth-order valence-corrected chi connectivity index (χ4v) is 1.66. The zero-order chi connectivity index (χ0) is 10.8. The molecule has 2 aromatic rings.